The molecule has 4 heteroatoms. The molecule has 0 aromatic carbocycles. The second-order valence-corrected chi connectivity index (χ2v) is 5.89. The molecule has 4 nitrogen and oxygen atoms in total. The van der Waals surface area contributed by atoms with E-state index in [1.54, 1.807) is 4.90 Å². The quantitative estimate of drug-likeness (QED) is 0.742. The topological polar surface area (TPSA) is 72.3 Å². The van der Waals surface area contributed by atoms with Crippen LogP contribution in [0.3, 0.4) is 0 Å². The van der Waals surface area contributed by atoms with Crippen molar-refractivity contribution in [3.05, 3.63) is 0 Å². The van der Waals surface area contributed by atoms with Gasteiger partial charge < -0.3 is 16.4 Å². The molecule has 1 saturated carbocycles. The van der Waals surface area contributed by atoms with Crippen LogP contribution in [0.4, 0.5) is 0 Å². The van der Waals surface area contributed by atoms with Gasteiger partial charge in [0.2, 0.25) is 5.91 Å². The SMILES string of the molecule is CN(CC(C)(C)CN)C(=O)C1(N)CCCC1. The Labute approximate surface area is 98.3 Å². The number of rotatable bonds is 4. The molecule has 4 N–H and O–H groups in total. The molecule has 0 spiro atoms. The molecule has 1 amide bonds. The lowest BCUT2D eigenvalue weighted by Gasteiger charge is -2.34. The summed E-state index contributed by atoms with van der Waals surface area (Å²) in [4.78, 5) is 14.0. The summed E-state index contributed by atoms with van der Waals surface area (Å²) in [6, 6.07) is 0. The second kappa shape index (κ2) is 4.72. The molecule has 0 aromatic heterocycles. The fourth-order valence-corrected chi connectivity index (χ4v) is 2.38. The molecule has 0 bridgehead atoms. The molecule has 0 heterocycles. The monoisotopic (exact) mass is 227 g/mol. The average molecular weight is 227 g/mol. The molecule has 0 saturated heterocycles. The maximum absolute atomic E-state index is 12.2. The summed E-state index contributed by atoms with van der Waals surface area (Å²) in [6.45, 7) is 5.37. The van der Waals surface area contributed by atoms with E-state index in [-0.39, 0.29) is 11.3 Å². The fraction of sp³-hybridized carbons (Fsp3) is 0.917. The minimum Gasteiger partial charge on any atom is -0.344 e. The zero-order valence-electron chi connectivity index (χ0n) is 10.8. The molecule has 0 aliphatic heterocycles. The van der Waals surface area contributed by atoms with Crippen molar-refractivity contribution in [1.82, 2.24) is 4.90 Å². The van der Waals surface area contributed by atoms with Crippen molar-refractivity contribution in [1.29, 1.82) is 0 Å². The number of likely N-dealkylation sites (N-methyl/N-ethyl adjacent to an activating group) is 1. The first-order chi connectivity index (χ1) is 7.31. The van der Waals surface area contributed by atoms with Gasteiger partial charge in [-0.3, -0.25) is 4.79 Å². The second-order valence-electron chi connectivity index (χ2n) is 5.89. The van der Waals surface area contributed by atoms with Crippen molar-refractivity contribution in [3.8, 4) is 0 Å². The van der Waals surface area contributed by atoms with Gasteiger partial charge in [0.15, 0.2) is 0 Å². The third-order valence-corrected chi connectivity index (χ3v) is 3.49. The lowest BCUT2D eigenvalue weighted by molar-refractivity contribution is -0.136. The van der Waals surface area contributed by atoms with Gasteiger partial charge in [-0.1, -0.05) is 26.7 Å². The molecular weight excluding hydrogens is 202 g/mol. The van der Waals surface area contributed by atoms with Crippen molar-refractivity contribution >= 4 is 5.91 Å². The third kappa shape index (κ3) is 2.95. The van der Waals surface area contributed by atoms with E-state index in [0.29, 0.717) is 13.1 Å². The van der Waals surface area contributed by atoms with Gasteiger partial charge in [-0.25, -0.2) is 0 Å². The first-order valence-electron chi connectivity index (χ1n) is 6.05. The highest BCUT2D eigenvalue weighted by atomic mass is 16.2. The number of carbonyl (C=O) groups excluding carboxylic acids is 1. The van der Waals surface area contributed by atoms with E-state index in [1.807, 2.05) is 7.05 Å². The predicted molar refractivity (Wildman–Crippen MR) is 65.9 cm³/mol. The zero-order valence-corrected chi connectivity index (χ0v) is 10.8. The lowest BCUT2D eigenvalue weighted by atomic mass is 9.91. The standard InChI is InChI=1S/C12H25N3O/c1-11(2,8-13)9-15(3)10(16)12(14)6-4-5-7-12/h4-9,13-14H2,1-3H3. The number of amides is 1. The Morgan fingerprint density at radius 1 is 1.38 bits per heavy atom. The summed E-state index contributed by atoms with van der Waals surface area (Å²) in [5.74, 6) is 0.0755. The highest BCUT2D eigenvalue weighted by molar-refractivity contribution is 5.86. The smallest absolute Gasteiger partial charge is 0.242 e. The Kier molecular flexibility index (Phi) is 3.97. The predicted octanol–water partition coefficient (Wildman–Crippen LogP) is 0.701. The zero-order chi connectivity index (χ0) is 12.4. The molecule has 0 radical (unpaired) electrons. The van der Waals surface area contributed by atoms with E-state index < -0.39 is 5.54 Å². The first kappa shape index (κ1) is 13.5. The van der Waals surface area contributed by atoms with Gasteiger partial charge in [0.1, 0.15) is 0 Å². The maximum Gasteiger partial charge on any atom is 0.242 e. The minimum absolute atomic E-state index is 0.0423. The average Bonchev–Trinajstić information content (AvgIpc) is 2.64. The van der Waals surface area contributed by atoms with Gasteiger partial charge >= 0.3 is 0 Å². The summed E-state index contributed by atoms with van der Waals surface area (Å²) >= 11 is 0. The summed E-state index contributed by atoms with van der Waals surface area (Å²) in [6.07, 6.45) is 3.77. The summed E-state index contributed by atoms with van der Waals surface area (Å²) in [5.41, 5.74) is 11.2. The number of carbonyl (C=O) groups is 1. The lowest BCUT2D eigenvalue weighted by Crippen LogP contribution is -2.54. The van der Waals surface area contributed by atoms with Gasteiger partial charge in [0.05, 0.1) is 5.54 Å². The number of hydrogen-bond donors (Lipinski definition) is 2. The van der Waals surface area contributed by atoms with Gasteiger partial charge in [-0.15, -0.1) is 0 Å². The fourth-order valence-electron chi connectivity index (χ4n) is 2.38. The van der Waals surface area contributed by atoms with Crippen molar-refractivity contribution < 1.29 is 4.79 Å². The highest BCUT2D eigenvalue weighted by Gasteiger charge is 2.39. The molecule has 0 atom stereocenters. The van der Waals surface area contributed by atoms with Crippen LogP contribution in [0.5, 0.6) is 0 Å². The molecule has 94 valence electrons. The van der Waals surface area contributed by atoms with Crippen LogP contribution in [0.1, 0.15) is 39.5 Å². The van der Waals surface area contributed by atoms with Crippen molar-refractivity contribution in [3.63, 3.8) is 0 Å². The summed E-state index contributed by atoms with van der Waals surface area (Å²) in [5, 5.41) is 0. The molecule has 1 aliphatic rings. The van der Waals surface area contributed by atoms with Crippen LogP contribution in [-0.2, 0) is 4.79 Å². The van der Waals surface area contributed by atoms with Gasteiger partial charge in [0, 0.05) is 13.6 Å². The molecule has 1 rings (SSSR count). The minimum atomic E-state index is -0.612. The van der Waals surface area contributed by atoms with Gasteiger partial charge in [-0.2, -0.15) is 0 Å². The van der Waals surface area contributed by atoms with Crippen LogP contribution in [0.2, 0.25) is 0 Å². The van der Waals surface area contributed by atoms with Gasteiger partial charge in [0.25, 0.3) is 0 Å². The third-order valence-electron chi connectivity index (χ3n) is 3.49. The first-order valence-corrected chi connectivity index (χ1v) is 6.05. The normalized spacial score (nSPS) is 19.8. The highest BCUT2D eigenvalue weighted by Crippen LogP contribution is 2.29. The van der Waals surface area contributed by atoms with Crippen LogP contribution in [-0.4, -0.2) is 36.5 Å². The summed E-state index contributed by atoms with van der Waals surface area (Å²) in [7, 11) is 1.83. The largest absolute Gasteiger partial charge is 0.344 e. The Bertz CT molecular complexity index is 257. The molecular formula is C12H25N3O. The van der Waals surface area contributed by atoms with E-state index in [9.17, 15) is 4.79 Å². The van der Waals surface area contributed by atoms with E-state index in [1.165, 1.54) is 0 Å². The van der Waals surface area contributed by atoms with E-state index in [0.717, 1.165) is 25.7 Å². The Morgan fingerprint density at radius 3 is 2.31 bits per heavy atom. The van der Waals surface area contributed by atoms with Crippen LogP contribution < -0.4 is 11.5 Å². The maximum atomic E-state index is 12.2. The van der Waals surface area contributed by atoms with Crippen LogP contribution in [0, 0.1) is 5.41 Å². The number of nitrogens with two attached hydrogens (primary N) is 2. The van der Waals surface area contributed by atoms with Crippen molar-refractivity contribution in [2.24, 2.45) is 16.9 Å². The Balaban J connectivity index is 2.60. The van der Waals surface area contributed by atoms with Gasteiger partial charge in [-0.05, 0) is 24.8 Å². The van der Waals surface area contributed by atoms with E-state index in [2.05, 4.69) is 13.8 Å². The molecule has 1 aliphatic carbocycles. The van der Waals surface area contributed by atoms with E-state index in [4.69, 9.17) is 11.5 Å². The number of nitrogens with zero attached hydrogens (tertiary/aromatic N) is 1. The van der Waals surface area contributed by atoms with Crippen LogP contribution in [0.25, 0.3) is 0 Å². The Morgan fingerprint density at radius 2 is 1.88 bits per heavy atom. The molecule has 1 fully saturated rings. The van der Waals surface area contributed by atoms with Crippen LogP contribution in [0.15, 0.2) is 0 Å². The van der Waals surface area contributed by atoms with Crippen molar-refractivity contribution in [2.45, 2.75) is 45.1 Å². The summed E-state index contributed by atoms with van der Waals surface area (Å²) < 4.78 is 0. The van der Waals surface area contributed by atoms with Crippen LogP contribution >= 0.6 is 0 Å². The van der Waals surface area contributed by atoms with Crippen molar-refractivity contribution in [2.75, 3.05) is 20.1 Å². The molecule has 16 heavy (non-hydrogen) atoms. The Hall–Kier alpha value is -0.610. The molecule has 0 aromatic rings. The molecule has 0 unspecified atom stereocenters. The number of hydrogen-bond acceptors (Lipinski definition) is 3. The van der Waals surface area contributed by atoms with E-state index >= 15 is 0 Å².